The molecule has 1 aliphatic rings. The van der Waals surface area contributed by atoms with Crippen molar-refractivity contribution in [3.8, 4) is 0 Å². The van der Waals surface area contributed by atoms with E-state index >= 15 is 0 Å². The van der Waals surface area contributed by atoms with Crippen LogP contribution >= 0.6 is 24.6 Å². The number of anilines is 1. The van der Waals surface area contributed by atoms with Gasteiger partial charge in [0.05, 0.1) is 12.0 Å². The van der Waals surface area contributed by atoms with Gasteiger partial charge in [-0.15, -0.1) is 11.8 Å². The van der Waals surface area contributed by atoms with Crippen molar-refractivity contribution in [1.82, 2.24) is 13.9 Å². The van der Waals surface area contributed by atoms with Crippen LogP contribution in [0.25, 0.3) is 11.0 Å². The van der Waals surface area contributed by atoms with E-state index in [1.165, 1.54) is 18.1 Å². The molecule has 0 unspecified atom stereocenters. The van der Waals surface area contributed by atoms with Crippen molar-refractivity contribution >= 4 is 47.4 Å². The van der Waals surface area contributed by atoms with Crippen molar-refractivity contribution in [2.45, 2.75) is 34.6 Å². The first-order chi connectivity index (χ1) is 12.2. The fourth-order valence-corrected chi connectivity index (χ4v) is 3.24. The van der Waals surface area contributed by atoms with Crippen molar-refractivity contribution < 1.29 is 9.53 Å². The van der Waals surface area contributed by atoms with E-state index < -0.39 is 0 Å². The Bertz CT molecular complexity index is 716. The maximum absolute atomic E-state index is 11.9. The summed E-state index contributed by atoms with van der Waals surface area (Å²) in [5, 5.41) is 0.902. The molecular weight excluding hydrogens is 356 g/mol. The van der Waals surface area contributed by atoms with Crippen molar-refractivity contribution in [1.29, 1.82) is 0 Å². The SMILES string of the molecule is CC.CC.CCOC(=O)C1=CN(c2ncnc3c2ccn3S)CCS1. The van der Waals surface area contributed by atoms with Gasteiger partial charge >= 0.3 is 5.97 Å². The molecule has 138 valence electrons. The van der Waals surface area contributed by atoms with E-state index in [1.54, 1.807) is 17.1 Å². The van der Waals surface area contributed by atoms with E-state index in [2.05, 4.69) is 22.8 Å². The summed E-state index contributed by atoms with van der Waals surface area (Å²) in [5.41, 5.74) is 0.743. The van der Waals surface area contributed by atoms with E-state index in [9.17, 15) is 4.79 Å². The van der Waals surface area contributed by atoms with Crippen molar-refractivity contribution in [3.63, 3.8) is 0 Å². The average Bonchev–Trinajstić information content (AvgIpc) is 3.06. The van der Waals surface area contributed by atoms with Gasteiger partial charge in [0.1, 0.15) is 17.1 Å². The van der Waals surface area contributed by atoms with Gasteiger partial charge in [0.2, 0.25) is 0 Å². The fraction of sp³-hybridized carbons (Fsp3) is 0.471. The summed E-state index contributed by atoms with van der Waals surface area (Å²) in [6, 6.07) is 1.91. The van der Waals surface area contributed by atoms with Gasteiger partial charge in [-0.05, 0) is 13.0 Å². The molecule has 0 aliphatic carbocycles. The second-order valence-electron chi connectivity index (χ2n) is 4.35. The lowest BCUT2D eigenvalue weighted by Gasteiger charge is -2.25. The molecular formula is C17H26N4O2S2. The number of rotatable bonds is 3. The van der Waals surface area contributed by atoms with E-state index in [-0.39, 0.29) is 5.97 Å². The molecule has 0 atom stereocenters. The van der Waals surface area contributed by atoms with E-state index in [1.807, 2.05) is 44.9 Å². The van der Waals surface area contributed by atoms with Crippen LogP contribution in [-0.2, 0) is 9.53 Å². The second-order valence-corrected chi connectivity index (χ2v) is 5.92. The number of nitrogens with zero attached hydrogens (tertiary/aromatic N) is 4. The predicted octanol–water partition coefficient (Wildman–Crippen LogP) is 4.13. The number of carbonyl (C=O) groups is 1. The maximum atomic E-state index is 11.9. The lowest BCUT2D eigenvalue weighted by atomic mass is 10.3. The zero-order chi connectivity index (χ0) is 18.8. The van der Waals surface area contributed by atoms with Gasteiger partial charge in [-0.1, -0.05) is 40.5 Å². The molecule has 2 aromatic heterocycles. The summed E-state index contributed by atoms with van der Waals surface area (Å²) in [6.07, 6.45) is 5.12. The third-order valence-corrected chi connectivity index (χ3v) is 4.35. The highest BCUT2D eigenvalue weighted by Gasteiger charge is 2.21. The lowest BCUT2D eigenvalue weighted by molar-refractivity contribution is -0.137. The van der Waals surface area contributed by atoms with Crippen molar-refractivity contribution in [2.75, 3.05) is 23.8 Å². The molecule has 0 fully saturated rings. The zero-order valence-electron chi connectivity index (χ0n) is 15.4. The topological polar surface area (TPSA) is 60.2 Å². The Balaban J connectivity index is 0.000000730. The van der Waals surface area contributed by atoms with Gasteiger partial charge in [-0.3, -0.25) is 3.97 Å². The van der Waals surface area contributed by atoms with Gasteiger partial charge in [-0.25, -0.2) is 14.8 Å². The molecule has 3 rings (SSSR count). The van der Waals surface area contributed by atoms with Crippen LogP contribution in [0, 0.1) is 0 Å². The van der Waals surface area contributed by atoms with Crippen LogP contribution in [0.2, 0.25) is 0 Å². The van der Waals surface area contributed by atoms with Crippen LogP contribution in [-0.4, -0.2) is 38.8 Å². The summed E-state index contributed by atoms with van der Waals surface area (Å²) < 4.78 is 6.70. The minimum Gasteiger partial charge on any atom is -0.462 e. The van der Waals surface area contributed by atoms with Crippen molar-refractivity contribution in [3.05, 3.63) is 29.7 Å². The molecule has 0 radical (unpaired) electrons. The van der Waals surface area contributed by atoms with Gasteiger partial charge in [0, 0.05) is 24.7 Å². The van der Waals surface area contributed by atoms with E-state index in [0.29, 0.717) is 11.5 Å². The highest BCUT2D eigenvalue weighted by Crippen LogP contribution is 2.30. The Morgan fingerprint density at radius 2 is 2.04 bits per heavy atom. The summed E-state index contributed by atoms with van der Waals surface area (Å²) in [7, 11) is 0. The van der Waals surface area contributed by atoms with Crippen LogP contribution in [0.5, 0.6) is 0 Å². The molecule has 0 amide bonds. The summed E-state index contributed by atoms with van der Waals surface area (Å²) in [6.45, 7) is 10.9. The molecule has 0 saturated heterocycles. The van der Waals surface area contributed by atoms with E-state index in [4.69, 9.17) is 4.74 Å². The number of carbonyl (C=O) groups excluding carboxylic acids is 1. The van der Waals surface area contributed by atoms with Crippen LogP contribution in [0.15, 0.2) is 29.7 Å². The first-order valence-electron chi connectivity index (χ1n) is 8.50. The Morgan fingerprint density at radius 1 is 1.32 bits per heavy atom. The lowest BCUT2D eigenvalue weighted by Crippen LogP contribution is -2.26. The first kappa shape index (κ1) is 21.4. The smallest absolute Gasteiger partial charge is 0.346 e. The predicted molar refractivity (Wildman–Crippen MR) is 109 cm³/mol. The number of fused-ring (bicyclic) bond motifs is 1. The quantitative estimate of drug-likeness (QED) is 0.636. The molecule has 6 nitrogen and oxygen atoms in total. The number of ether oxygens (including phenoxy) is 1. The summed E-state index contributed by atoms with van der Waals surface area (Å²) in [4.78, 5) is 23.0. The van der Waals surface area contributed by atoms with Gasteiger partial charge < -0.3 is 9.64 Å². The molecule has 2 aromatic rings. The minimum absolute atomic E-state index is 0.288. The molecule has 0 spiro atoms. The fourth-order valence-electron chi connectivity index (χ4n) is 2.13. The number of thiol groups is 1. The Morgan fingerprint density at radius 3 is 2.72 bits per heavy atom. The minimum atomic E-state index is -0.288. The summed E-state index contributed by atoms with van der Waals surface area (Å²) >= 11 is 5.81. The normalized spacial score (nSPS) is 13.2. The van der Waals surface area contributed by atoms with Crippen LogP contribution in [0.3, 0.4) is 0 Å². The van der Waals surface area contributed by atoms with Gasteiger partial charge in [-0.2, -0.15) is 0 Å². The molecule has 1 aliphatic heterocycles. The Kier molecular flexibility index (Phi) is 9.44. The third kappa shape index (κ3) is 5.15. The van der Waals surface area contributed by atoms with Crippen molar-refractivity contribution in [2.24, 2.45) is 0 Å². The van der Waals surface area contributed by atoms with Gasteiger partial charge in [0.25, 0.3) is 0 Å². The van der Waals surface area contributed by atoms with E-state index in [0.717, 1.165) is 29.1 Å². The second kappa shape index (κ2) is 11.0. The average molecular weight is 383 g/mol. The monoisotopic (exact) mass is 382 g/mol. The van der Waals surface area contributed by atoms with Crippen LogP contribution < -0.4 is 4.90 Å². The summed E-state index contributed by atoms with van der Waals surface area (Å²) in [5.74, 6) is 1.29. The number of hydrogen-bond acceptors (Lipinski definition) is 7. The molecule has 25 heavy (non-hydrogen) atoms. The maximum Gasteiger partial charge on any atom is 0.346 e. The van der Waals surface area contributed by atoms with Crippen LogP contribution in [0.1, 0.15) is 34.6 Å². The molecule has 0 saturated carbocycles. The largest absolute Gasteiger partial charge is 0.462 e. The highest BCUT2D eigenvalue weighted by molar-refractivity contribution is 8.04. The number of aromatic nitrogens is 3. The molecule has 3 heterocycles. The van der Waals surface area contributed by atoms with Crippen LogP contribution in [0.4, 0.5) is 5.82 Å². The third-order valence-electron chi connectivity index (χ3n) is 3.05. The first-order valence-corrected chi connectivity index (χ1v) is 9.89. The molecule has 0 N–H and O–H groups in total. The Labute approximate surface area is 159 Å². The standard InChI is InChI=1S/C13H14N4O2S2.2C2H6/c1-2-19-13(18)10-7-16(5-6-21-10)11-9-3-4-17(20)12(9)15-8-14-11;2*1-2/h3-4,7-8,20H,2,5-6H2,1H3;2*1-2H3. The number of thioether (sulfide) groups is 1. The van der Waals surface area contributed by atoms with Gasteiger partial charge in [0.15, 0.2) is 5.65 Å². The number of esters is 1. The number of hydrogen-bond donors (Lipinski definition) is 1. The Hall–Kier alpha value is -1.67. The highest BCUT2D eigenvalue weighted by atomic mass is 32.2. The molecule has 0 aromatic carbocycles. The molecule has 8 heteroatoms. The molecule has 0 bridgehead atoms. The zero-order valence-corrected chi connectivity index (χ0v) is 17.1.